The lowest BCUT2D eigenvalue weighted by atomic mass is 10.2. The van der Waals surface area contributed by atoms with Gasteiger partial charge in [-0.05, 0) is 49.6 Å². The molecule has 0 fully saturated rings. The van der Waals surface area contributed by atoms with E-state index in [0.717, 1.165) is 0 Å². The van der Waals surface area contributed by atoms with E-state index in [2.05, 4.69) is 59.3 Å². The van der Waals surface area contributed by atoms with Gasteiger partial charge in [0.1, 0.15) is 0 Å². The van der Waals surface area contributed by atoms with Crippen LogP contribution < -0.4 is 0 Å². The first-order chi connectivity index (χ1) is 9.74. The Labute approximate surface area is 125 Å². The molecule has 0 aliphatic heterocycles. The molecular formula is C17H20N2S. The molecule has 0 bridgehead atoms. The van der Waals surface area contributed by atoms with Crippen LogP contribution in [0.2, 0.25) is 0 Å². The van der Waals surface area contributed by atoms with E-state index < -0.39 is 0 Å². The van der Waals surface area contributed by atoms with Gasteiger partial charge in [-0.15, -0.1) is 0 Å². The molecule has 3 rings (SSSR count). The SMILES string of the molecule is CC.Cc1ccc(Sn2cc(C)c3ccncc32)cc1. The summed E-state index contributed by atoms with van der Waals surface area (Å²) in [5, 5.41) is 1.27. The molecule has 0 radical (unpaired) electrons. The second kappa shape index (κ2) is 6.62. The molecule has 0 aliphatic rings. The van der Waals surface area contributed by atoms with Crippen LogP contribution in [0.15, 0.2) is 53.8 Å². The fraction of sp³-hybridized carbons (Fsp3) is 0.235. The van der Waals surface area contributed by atoms with Crippen molar-refractivity contribution in [2.75, 3.05) is 0 Å². The predicted octanol–water partition coefficient (Wildman–Crippen LogP) is 5.23. The molecule has 2 heterocycles. The Morgan fingerprint density at radius 2 is 1.70 bits per heavy atom. The topological polar surface area (TPSA) is 17.8 Å². The number of aromatic nitrogens is 2. The third kappa shape index (κ3) is 3.05. The molecule has 2 nitrogen and oxygen atoms in total. The van der Waals surface area contributed by atoms with Gasteiger partial charge in [0.15, 0.2) is 0 Å². The van der Waals surface area contributed by atoms with Crippen LogP contribution in [0.4, 0.5) is 0 Å². The lowest BCUT2D eigenvalue weighted by Gasteiger charge is -2.04. The number of nitrogens with zero attached hydrogens (tertiary/aromatic N) is 2. The summed E-state index contributed by atoms with van der Waals surface area (Å²) in [6.07, 6.45) is 5.93. The molecule has 0 N–H and O–H groups in total. The van der Waals surface area contributed by atoms with E-state index in [1.165, 1.54) is 26.9 Å². The highest BCUT2D eigenvalue weighted by molar-refractivity contribution is 7.98. The molecule has 0 saturated carbocycles. The number of fused-ring (bicyclic) bond motifs is 1. The summed E-state index contributed by atoms with van der Waals surface area (Å²) in [5.74, 6) is 0. The molecule has 1 aromatic carbocycles. The third-order valence-corrected chi connectivity index (χ3v) is 3.98. The van der Waals surface area contributed by atoms with Gasteiger partial charge in [0.2, 0.25) is 0 Å². The lowest BCUT2D eigenvalue weighted by molar-refractivity contribution is 1.27. The van der Waals surface area contributed by atoms with E-state index >= 15 is 0 Å². The van der Waals surface area contributed by atoms with Gasteiger partial charge in [0, 0.05) is 22.7 Å². The number of benzene rings is 1. The van der Waals surface area contributed by atoms with E-state index in [0.29, 0.717) is 0 Å². The Morgan fingerprint density at radius 1 is 1.00 bits per heavy atom. The second-order valence-electron chi connectivity index (χ2n) is 4.44. The normalized spacial score (nSPS) is 10.2. The molecule has 104 valence electrons. The van der Waals surface area contributed by atoms with Crippen LogP contribution in [-0.4, -0.2) is 8.96 Å². The van der Waals surface area contributed by atoms with Crippen molar-refractivity contribution in [1.82, 2.24) is 8.96 Å². The van der Waals surface area contributed by atoms with Crippen LogP contribution in [0.1, 0.15) is 25.0 Å². The Bertz CT molecular complexity index is 684. The number of hydrogen-bond acceptors (Lipinski definition) is 2. The summed E-state index contributed by atoms with van der Waals surface area (Å²) >= 11 is 1.72. The van der Waals surface area contributed by atoms with Crippen LogP contribution in [0.5, 0.6) is 0 Å². The van der Waals surface area contributed by atoms with E-state index in [-0.39, 0.29) is 0 Å². The average Bonchev–Trinajstić information content (AvgIpc) is 2.81. The minimum absolute atomic E-state index is 1.17. The maximum atomic E-state index is 4.21. The standard InChI is InChI=1S/C15H14N2S.C2H6/c1-11-3-5-13(6-4-11)18-17-10-12(2)14-7-8-16-9-15(14)17;1-2/h3-10H,1-2H3;1-2H3. The number of hydrogen-bond donors (Lipinski definition) is 0. The van der Waals surface area contributed by atoms with Crippen LogP contribution in [0.25, 0.3) is 10.9 Å². The van der Waals surface area contributed by atoms with Crippen LogP contribution >= 0.6 is 11.9 Å². The van der Waals surface area contributed by atoms with Crippen molar-refractivity contribution >= 4 is 22.9 Å². The second-order valence-corrected chi connectivity index (χ2v) is 5.48. The molecule has 0 spiro atoms. The van der Waals surface area contributed by atoms with Gasteiger partial charge in [0.25, 0.3) is 0 Å². The van der Waals surface area contributed by atoms with Crippen molar-refractivity contribution in [2.24, 2.45) is 0 Å². The first-order valence-corrected chi connectivity index (χ1v) is 7.68. The van der Waals surface area contributed by atoms with Crippen LogP contribution in [0.3, 0.4) is 0 Å². The minimum Gasteiger partial charge on any atom is -0.285 e. The zero-order valence-electron chi connectivity index (χ0n) is 12.4. The van der Waals surface area contributed by atoms with Gasteiger partial charge < -0.3 is 0 Å². The van der Waals surface area contributed by atoms with Crippen LogP contribution in [0, 0.1) is 13.8 Å². The first kappa shape index (κ1) is 14.7. The zero-order valence-corrected chi connectivity index (χ0v) is 13.2. The van der Waals surface area contributed by atoms with Crippen molar-refractivity contribution in [2.45, 2.75) is 32.6 Å². The van der Waals surface area contributed by atoms with Gasteiger partial charge >= 0.3 is 0 Å². The van der Waals surface area contributed by atoms with Crippen molar-refractivity contribution in [3.63, 3.8) is 0 Å². The maximum Gasteiger partial charge on any atom is 0.0780 e. The Kier molecular flexibility index (Phi) is 4.85. The first-order valence-electron chi connectivity index (χ1n) is 6.91. The summed E-state index contributed by atoms with van der Waals surface area (Å²) in [6.45, 7) is 8.24. The lowest BCUT2D eigenvalue weighted by Crippen LogP contribution is -1.85. The molecule has 3 aromatic rings. The number of rotatable bonds is 2. The summed E-state index contributed by atoms with van der Waals surface area (Å²) in [5.41, 5.74) is 3.74. The highest BCUT2D eigenvalue weighted by Crippen LogP contribution is 2.28. The summed E-state index contributed by atoms with van der Waals surface area (Å²) in [4.78, 5) is 5.45. The maximum absolute atomic E-state index is 4.21. The van der Waals surface area contributed by atoms with E-state index in [1.807, 2.05) is 26.2 Å². The molecule has 20 heavy (non-hydrogen) atoms. The largest absolute Gasteiger partial charge is 0.285 e. The number of pyridine rings is 1. The average molecular weight is 284 g/mol. The quantitative estimate of drug-likeness (QED) is 0.641. The minimum atomic E-state index is 1.17. The van der Waals surface area contributed by atoms with Gasteiger partial charge in [0.05, 0.1) is 11.7 Å². The molecule has 0 aliphatic carbocycles. The van der Waals surface area contributed by atoms with Gasteiger partial charge in [-0.3, -0.25) is 8.96 Å². The molecule has 0 atom stereocenters. The summed E-state index contributed by atoms with van der Waals surface area (Å²) in [6, 6.07) is 10.6. The van der Waals surface area contributed by atoms with Crippen LogP contribution in [-0.2, 0) is 0 Å². The molecule has 0 saturated heterocycles. The Morgan fingerprint density at radius 3 is 2.40 bits per heavy atom. The molecule has 2 aromatic heterocycles. The molecular weight excluding hydrogens is 264 g/mol. The highest BCUT2D eigenvalue weighted by atomic mass is 32.2. The van der Waals surface area contributed by atoms with Gasteiger partial charge in [-0.2, -0.15) is 0 Å². The smallest absolute Gasteiger partial charge is 0.0780 e. The Hall–Kier alpha value is -1.74. The zero-order chi connectivity index (χ0) is 14.5. The summed E-state index contributed by atoms with van der Waals surface area (Å²) < 4.78 is 2.18. The summed E-state index contributed by atoms with van der Waals surface area (Å²) in [7, 11) is 0. The molecule has 0 unspecified atom stereocenters. The van der Waals surface area contributed by atoms with E-state index in [1.54, 1.807) is 11.9 Å². The van der Waals surface area contributed by atoms with E-state index in [9.17, 15) is 0 Å². The molecule has 0 amide bonds. The third-order valence-electron chi connectivity index (χ3n) is 3.00. The fourth-order valence-corrected chi connectivity index (χ4v) is 2.94. The van der Waals surface area contributed by atoms with Crippen molar-refractivity contribution in [1.29, 1.82) is 0 Å². The Balaban J connectivity index is 0.000000704. The monoisotopic (exact) mass is 284 g/mol. The molecule has 3 heteroatoms. The fourth-order valence-electron chi connectivity index (χ4n) is 2.00. The number of aryl methyl sites for hydroxylation is 2. The van der Waals surface area contributed by atoms with Crippen molar-refractivity contribution in [3.05, 3.63) is 60.0 Å². The predicted molar refractivity (Wildman–Crippen MR) is 88.3 cm³/mol. The van der Waals surface area contributed by atoms with Gasteiger partial charge in [-0.25, -0.2) is 0 Å². The highest BCUT2D eigenvalue weighted by Gasteiger charge is 2.06. The van der Waals surface area contributed by atoms with Gasteiger partial charge in [-0.1, -0.05) is 31.5 Å². The van der Waals surface area contributed by atoms with Crippen molar-refractivity contribution < 1.29 is 0 Å². The van der Waals surface area contributed by atoms with E-state index in [4.69, 9.17) is 0 Å². The van der Waals surface area contributed by atoms with Crippen molar-refractivity contribution in [3.8, 4) is 0 Å².